The molecule has 1 amide bonds. The fourth-order valence-electron chi connectivity index (χ4n) is 1.61. The zero-order chi connectivity index (χ0) is 15.1. The Hall–Kier alpha value is -1.30. The third kappa shape index (κ3) is 5.00. The minimum absolute atomic E-state index is 0.137. The first-order valence-electron chi connectivity index (χ1n) is 5.78. The lowest BCUT2D eigenvalue weighted by Gasteiger charge is -2.17. The van der Waals surface area contributed by atoms with Crippen molar-refractivity contribution in [3.63, 3.8) is 0 Å². The number of halogens is 2. The largest absolute Gasteiger partial charge is 0.467 e. The third-order valence-electron chi connectivity index (χ3n) is 2.54. The van der Waals surface area contributed by atoms with Crippen molar-refractivity contribution in [3.8, 4) is 0 Å². The highest BCUT2D eigenvalue weighted by Gasteiger charge is 2.22. The summed E-state index contributed by atoms with van der Waals surface area (Å²) in [6, 6.07) is 4.10. The number of esters is 1. The van der Waals surface area contributed by atoms with Gasteiger partial charge < -0.3 is 14.8 Å². The van der Waals surface area contributed by atoms with Crippen LogP contribution in [0.15, 0.2) is 18.2 Å². The second-order valence-electron chi connectivity index (χ2n) is 4.02. The van der Waals surface area contributed by atoms with Crippen LogP contribution in [-0.4, -0.2) is 38.7 Å². The molecule has 0 aromatic heterocycles. The Morgan fingerprint density at radius 1 is 1.30 bits per heavy atom. The van der Waals surface area contributed by atoms with Crippen molar-refractivity contribution < 1.29 is 19.1 Å². The molecule has 1 atom stereocenters. The van der Waals surface area contributed by atoms with Crippen LogP contribution in [0.2, 0.25) is 10.0 Å². The number of ether oxygens (including phenoxy) is 2. The van der Waals surface area contributed by atoms with E-state index in [1.165, 1.54) is 14.2 Å². The van der Waals surface area contributed by atoms with Crippen molar-refractivity contribution in [2.45, 2.75) is 12.5 Å². The molecule has 1 N–H and O–H groups in total. The third-order valence-corrected chi connectivity index (χ3v) is 3.12. The van der Waals surface area contributed by atoms with Crippen LogP contribution < -0.4 is 5.32 Å². The van der Waals surface area contributed by atoms with Crippen molar-refractivity contribution in [1.82, 2.24) is 5.32 Å². The van der Waals surface area contributed by atoms with Crippen LogP contribution in [0.3, 0.4) is 0 Å². The van der Waals surface area contributed by atoms with Gasteiger partial charge in [0.2, 0.25) is 5.91 Å². The minimum Gasteiger partial charge on any atom is -0.467 e. The van der Waals surface area contributed by atoms with E-state index in [-0.39, 0.29) is 13.0 Å². The van der Waals surface area contributed by atoms with Gasteiger partial charge in [0.25, 0.3) is 0 Å². The Kier molecular flexibility index (Phi) is 6.78. The summed E-state index contributed by atoms with van der Waals surface area (Å²) in [5.74, 6) is -0.964. The number of benzene rings is 1. The van der Waals surface area contributed by atoms with Gasteiger partial charge in [0, 0.05) is 23.6 Å². The van der Waals surface area contributed by atoms with Crippen molar-refractivity contribution in [2.24, 2.45) is 0 Å². The van der Waals surface area contributed by atoms with Crippen molar-refractivity contribution in [1.29, 1.82) is 0 Å². The van der Waals surface area contributed by atoms with Crippen LogP contribution in [0.1, 0.15) is 5.56 Å². The fourth-order valence-corrected chi connectivity index (χ4v) is 2.10. The van der Waals surface area contributed by atoms with E-state index < -0.39 is 17.9 Å². The summed E-state index contributed by atoms with van der Waals surface area (Å²) in [4.78, 5) is 23.2. The van der Waals surface area contributed by atoms with Gasteiger partial charge in [-0.25, -0.2) is 4.79 Å². The molecule has 110 valence electrons. The highest BCUT2D eigenvalue weighted by molar-refractivity contribution is 6.35. The molecule has 0 spiro atoms. The molecule has 0 radical (unpaired) electrons. The maximum absolute atomic E-state index is 11.7. The lowest BCUT2D eigenvalue weighted by atomic mass is 10.1. The number of carbonyl (C=O) groups is 2. The number of nitrogens with one attached hydrogen (secondary N) is 1. The lowest BCUT2D eigenvalue weighted by Crippen LogP contribution is -2.44. The van der Waals surface area contributed by atoms with Crippen molar-refractivity contribution >= 4 is 35.1 Å². The van der Waals surface area contributed by atoms with E-state index >= 15 is 0 Å². The Morgan fingerprint density at radius 2 is 2.00 bits per heavy atom. The Morgan fingerprint density at radius 3 is 2.55 bits per heavy atom. The maximum Gasteiger partial charge on any atom is 0.328 e. The molecule has 0 aliphatic carbocycles. The number of amides is 1. The van der Waals surface area contributed by atoms with E-state index in [0.29, 0.717) is 15.6 Å². The van der Waals surface area contributed by atoms with Gasteiger partial charge in [-0.3, -0.25) is 4.79 Å². The molecule has 0 aliphatic rings. The molecule has 0 unspecified atom stereocenters. The van der Waals surface area contributed by atoms with Gasteiger partial charge in [-0.15, -0.1) is 0 Å². The monoisotopic (exact) mass is 319 g/mol. The number of methoxy groups -OCH3 is 2. The predicted molar refractivity (Wildman–Crippen MR) is 76.0 cm³/mol. The van der Waals surface area contributed by atoms with Gasteiger partial charge >= 0.3 is 5.97 Å². The van der Waals surface area contributed by atoms with E-state index in [1.54, 1.807) is 18.2 Å². The Labute approximate surface area is 127 Å². The molecule has 0 saturated carbocycles. The lowest BCUT2D eigenvalue weighted by molar-refractivity contribution is -0.145. The van der Waals surface area contributed by atoms with Crippen molar-refractivity contribution in [3.05, 3.63) is 33.8 Å². The van der Waals surface area contributed by atoms with Gasteiger partial charge in [0.05, 0.1) is 7.11 Å². The fraction of sp³-hybridized carbons (Fsp3) is 0.385. The van der Waals surface area contributed by atoms with Crippen LogP contribution in [0, 0.1) is 0 Å². The predicted octanol–water partition coefficient (Wildman–Crippen LogP) is 1.84. The minimum atomic E-state index is -0.832. The summed E-state index contributed by atoms with van der Waals surface area (Å²) < 4.78 is 9.36. The normalized spacial score (nSPS) is 11.8. The standard InChI is InChI=1S/C13H15Cl2NO4/c1-19-7-12(17)16-11(13(18)20-2)5-8-3-4-9(14)6-10(8)15/h3-4,6,11H,5,7H2,1-2H3,(H,16,17)/t11-/m0/s1. The molecule has 1 aromatic carbocycles. The quantitative estimate of drug-likeness (QED) is 0.813. The van der Waals surface area contributed by atoms with E-state index in [9.17, 15) is 9.59 Å². The molecule has 1 rings (SSSR count). The molecular weight excluding hydrogens is 305 g/mol. The number of rotatable bonds is 6. The molecule has 0 fully saturated rings. The van der Waals surface area contributed by atoms with E-state index in [4.69, 9.17) is 27.9 Å². The second-order valence-corrected chi connectivity index (χ2v) is 4.86. The van der Waals surface area contributed by atoms with Gasteiger partial charge in [-0.05, 0) is 17.7 Å². The number of hydrogen-bond acceptors (Lipinski definition) is 4. The summed E-state index contributed by atoms with van der Waals surface area (Å²) in [6.45, 7) is -0.137. The highest BCUT2D eigenvalue weighted by Crippen LogP contribution is 2.22. The molecule has 20 heavy (non-hydrogen) atoms. The smallest absolute Gasteiger partial charge is 0.328 e. The molecule has 5 nitrogen and oxygen atoms in total. The molecule has 0 saturated heterocycles. The number of carbonyl (C=O) groups excluding carboxylic acids is 2. The zero-order valence-corrected chi connectivity index (χ0v) is 12.6. The SMILES string of the molecule is COCC(=O)N[C@@H](Cc1ccc(Cl)cc1Cl)C(=O)OC. The molecule has 7 heteroatoms. The Bertz CT molecular complexity index is 493. The van der Waals surface area contributed by atoms with Crippen molar-refractivity contribution in [2.75, 3.05) is 20.8 Å². The van der Waals surface area contributed by atoms with Crippen LogP contribution in [-0.2, 0) is 25.5 Å². The second kappa shape index (κ2) is 8.09. The molecule has 1 aromatic rings. The van der Waals surface area contributed by atoms with Crippen LogP contribution in [0.4, 0.5) is 0 Å². The van der Waals surface area contributed by atoms with E-state index in [0.717, 1.165) is 0 Å². The van der Waals surface area contributed by atoms with Gasteiger partial charge in [0.15, 0.2) is 0 Å². The molecule has 0 aliphatic heterocycles. The Balaban J connectivity index is 2.83. The zero-order valence-electron chi connectivity index (χ0n) is 11.1. The van der Waals surface area contributed by atoms with Crippen LogP contribution in [0.25, 0.3) is 0 Å². The summed E-state index contributed by atoms with van der Waals surface area (Å²) in [5.41, 5.74) is 0.684. The highest BCUT2D eigenvalue weighted by atomic mass is 35.5. The first kappa shape index (κ1) is 16.8. The summed E-state index contributed by atoms with van der Waals surface area (Å²) in [5, 5.41) is 3.45. The molecule has 0 bridgehead atoms. The van der Waals surface area contributed by atoms with E-state index in [2.05, 4.69) is 10.1 Å². The van der Waals surface area contributed by atoms with Gasteiger partial charge in [-0.1, -0.05) is 29.3 Å². The maximum atomic E-state index is 11.7. The topological polar surface area (TPSA) is 64.6 Å². The average molecular weight is 320 g/mol. The summed E-state index contributed by atoms with van der Waals surface area (Å²) >= 11 is 11.9. The van der Waals surface area contributed by atoms with Crippen LogP contribution >= 0.6 is 23.2 Å². The molecule has 0 heterocycles. The van der Waals surface area contributed by atoms with Gasteiger partial charge in [0.1, 0.15) is 12.6 Å². The average Bonchev–Trinajstić information content (AvgIpc) is 2.40. The number of hydrogen-bond donors (Lipinski definition) is 1. The summed E-state index contributed by atoms with van der Waals surface area (Å²) in [6.07, 6.45) is 0.206. The first-order valence-corrected chi connectivity index (χ1v) is 6.53. The van der Waals surface area contributed by atoms with E-state index in [1.807, 2.05) is 0 Å². The first-order chi connectivity index (χ1) is 9.47. The van der Waals surface area contributed by atoms with Crippen LogP contribution in [0.5, 0.6) is 0 Å². The molecular formula is C13H15Cl2NO4. The van der Waals surface area contributed by atoms with Gasteiger partial charge in [-0.2, -0.15) is 0 Å². The summed E-state index contributed by atoms with van der Waals surface area (Å²) in [7, 11) is 2.64.